The number of fused-ring (bicyclic) bond motifs is 1. The fourth-order valence-electron chi connectivity index (χ4n) is 2.25. The largest absolute Gasteiger partial charge is 0.485 e. The molecule has 0 saturated carbocycles. The van der Waals surface area contributed by atoms with Crippen molar-refractivity contribution in [2.75, 3.05) is 25.6 Å². The van der Waals surface area contributed by atoms with Gasteiger partial charge in [-0.2, -0.15) is 5.10 Å². The van der Waals surface area contributed by atoms with Gasteiger partial charge in [-0.1, -0.05) is 24.3 Å². The molecule has 6 nitrogen and oxygen atoms in total. The molecule has 124 valence electrons. The topological polar surface area (TPSA) is 63.2 Å². The Morgan fingerprint density at radius 2 is 1.88 bits per heavy atom. The third-order valence-corrected chi connectivity index (χ3v) is 3.60. The Kier molecular flexibility index (Phi) is 4.65. The predicted molar refractivity (Wildman–Crippen MR) is 92.9 cm³/mol. The van der Waals surface area contributed by atoms with Crippen LogP contribution >= 0.6 is 0 Å². The summed E-state index contributed by atoms with van der Waals surface area (Å²) in [5.74, 6) is 0.865. The summed E-state index contributed by atoms with van der Waals surface area (Å²) in [5, 5.41) is 3.97. The average molecular weight is 325 g/mol. The van der Waals surface area contributed by atoms with Crippen LogP contribution in [0.3, 0.4) is 0 Å². The Hall–Kier alpha value is -3.02. The van der Waals surface area contributed by atoms with E-state index >= 15 is 0 Å². The van der Waals surface area contributed by atoms with Crippen molar-refractivity contribution in [3.8, 4) is 11.5 Å². The molecule has 3 rings (SSSR count). The minimum Gasteiger partial charge on any atom is -0.485 e. The number of amides is 1. The van der Waals surface area contributed by atoms with Gasteiger partial charge in [0.05, 0.1) is 6.21 Å². The van der Waals surface area contributed by atoms with Gasteiger partial charge in [0.15, 0.2) is 11.5 Å². The molecular formula is C18H19N3O3. The molecule has 0 aliphatic carbocycles. The standard InChI is InChI=1S/C18H19N3O3/c1-21(2)14-9-7-13(8-10-14)11-19-20-18(22)17-12-23-15-5-3-4-6-16(15)24-17/h3-11,17H,12H2,1-2H3,(H,20,22)/b19-11+. The van der Waals surface area contributed by atoms with E-state index in [1.807, 2.05) is 55.4 Å². The third-order valence-electron chi connectivity index (χ3n) is 3.60. The fraction of sp³-hybridized carbons (Fsp3) is 0.222. The molecule has 1 N–H and O–H groups in total. The van der Waals surface area contributed by atoms with Crippen LogP contribution < -0.4 is 19.8 Å². The van der Waals surface area contributed by atoms with E-state index in [1.165, 1.54) is 0 Å². The van der Waals surface area contributed by atoms with Gasteiger partial charge in [0.2, 0.25) is 6.10 Å². The van der Waals surface area contributed by atoms with Crippen molar-refractivity contribution in [1.29, 1.82) is 0 Å². The minimum absolute atomic E-state index is 0.163. The molecule has 1 aliphatic heterocycles. The number of rotatable bonds is 4. The lowest BCUT2D eigenvalue weighted by atomic mass is 10.2. The number of carbonyl (C=O) groups is 1. The van der Waals surface area contributed by atoms with Crippen LogP contribution in [0.5, 0.6) is 11.5 Å². The Morgan fingerprint density at radius 1 is 1.17 bits per heavy atom. The number of hydrogen-bond donors (Lipinski definition) is 1. The zero-order valence-corrected chi connectivity index (χ0v) is 13.6. The number of nitrogens with one attached hydrogen (secondary N) is 1. The van der Waals surface area contributed by atoms with Crippen LogP contribution in [-0.2, 0) is 4.79 Å². The van der Waals surface area contributed by atoms with Gasteiger partial charge in [0, 0.05) is 19.8 Å². The number of ether oxygens (including phenoxy) is 2. The monoisotopic (exact) mass is 325 g/mol. The Bertz CT molecular complexity index is 741. The number of para-hydroxylation sites is 2. The van der Waals surface area contributed by atoms with Crippen molar-refractivity contribution in [3.63, 3.8) is 0 Å². The van der Waals surface area contributed by atoms with Gasteiger partial charge in [0.1, 0.15) is 6.61 Å². The molecule has 24 heavy (non-hydrogen) atoms. The summed E-state index contributed by atoms with van der Waals surface area (Å²) < 4.78 is 11.1. The van der Waals surface area contributed by atoms with Crippen molar-refractivity contribution in [2.45, 2.75) is 6.10 Å². The van der Waals surface area contributed by atoms with E-state index in [2.05, 4.69) is 10.5 Å². The van der Waals surface area contributed by atoms with E-state index in [0.29, 0.717) is 11.5 Å². The molecule has 0 radical (unpaired) electrons. The smallest absolute Gasteiger partial charge is 0.284 e. The summed E-state index contributed by atoms with van der Waals surface area (Å²) in [7, 11) is 3.96. The number of carbonyl (C=O) groups excluding carboxylic acids is 1. The predicted octanol–water partition coefficient (Wildman–Crippen LogP) is 2.04. The van der Waals surface area contributed by atoms with E-state index < -0.39 is 6.10 Å². The molecule has 1 atom stereocenters. The lowest BCUT2D eigenvalue weighted by Gasteiger charge is -2.24. The molecular weight excluding hydrogens is 306 g/mol. The highest BCUT2D eigenvalue weighted by Gasteiger charge is 2.26. The Morgan fingerprint density at radius 3 is 2.58 bits per heavy atom. The molecule has 0 aromatic heterocycles. The van der Waals surface area contributed by atoms with Crippen LogP contribution in [0, 0.1) is 0 Å². The van der Waals surface area contributed by atoms with Gasteiger partial charge in [0.25, 0.3) is 5.91 Å². The number of hydrogen-bond acceptors (Lipinski definition) is 5. The highest BCUT2D eigenvalue weighted by Crippen LogP contribution is 2.30. The van der Waals surface area contributed by atoms with Gasteiger partial charge in [-0.3, -0.25) is 4.79 Å². The SMILES string of the molecule is CN(C)c1ccc(/C=N/NC(=O)C2COc3ccccc3O2)cc1. The van der Waals surface area contributed by atoms with Crippen LogP contribution in [0.25, 0.3) is 0 Å². The fourth-order valence-corrected chi connectivity index (χ4v) is 2.25. The molecule has 0 bridgehead atoms. The van der Waals surface area contributed by atoms with Crippen molar-refractivity contribution < 1.29 is 14.3 Å². The van der Waals surface area contributed by atoms with Crippen LogP contribution in [0.1, 0.15) is 5.56 Å². The molecule has 1 unspecified atom stereocenters. The summed E-state index contributed by atoms with van der Waals surface area (Å²) in [5.41, 5.74) is 4.48. The van der Waals surface area contributed by atoms with Gasteiger partial charge in [-0.05, 0) is 29.8 Å². The van der Waals surface area contributed by atoms with Gasteiger partial charge >= 0.3 is 0 Å². The maximum absolute atomic E-state index is 12.1. The number of benzene rings is 2. The van der Waals surface area contributed by atoms with Crippen LogP contribution in [-0.4, -0.2) is 38.9 Å². The molecule has 0 spiro atoms. The van der Waals surface area contributed by atoms with Crippen LogP contribution in [0.2, 0.25) is 0 Å². The average Bonchev–Trinajstić information content (AvgIpc) is 2.61. The third kappa shape index (κ3) is 3.65. The van der Waals surface area contributed by atoms with Crippen LogP contribution in [0.15, 0.2) is 53.6 Å². The van der Waals surface area contributed by atoms with Crippen molar-refractivity contribution in [1.82, 2.24) is 5.43 Å². The zero-order valence-electron chi connectivity index (χ0n) is 13.6. The maximum atomic E-state index is 12.1. The van der Waals surface area contributed by atoms with Gasteiger partial charge in [-0.25, -0.2) is 5.43 Å². The maximum Gasteiger partial charge on any atom is 0.284 e. The second kappa shape index (κ2) is 7.04. The Balaban J connectivity index is 1.56. The van der Waals surface area contributed by atoms with E-state index in [0.717, 1.165) is 11.3 Å². The summed E-state index contributed by atoms with van der Waals surface area (Å²) in [4.78, 5) is 14.1. The van der Waals surface area contributed by atoms with Crippen molar-refractivity contribution >= 4 is 17.8 Å². The summed E-state index contributed by atoms with van der Waals surface area (Å²) >= 11 is 0. The van der Waals surface area contributed by atoms with E-state index in [-0.39, 0.29) is 12.5 Å². The van der Waals surface area contributed by atoms with E-state index in [1.54, 1.807) is 18.3 Å². The lowest BCUT2D eigenvalue weighted by molar-refractivity contribution is -0.130. The molecule has 6 heteroatoms. The minimum atomic E-state index is -0.715. The normalized spacial score (nSPS) is 16.0. The highest BCUT2D eigenvalue weighted by atomic mass is 16.6. The molecule has 0 saturated heterocycles. The number of nitrogens with zero attached hydrogens (tertiary/aromatic N) is 2. The Labute approximate surface area is 140 Å². The van der Waals surface area contributed by atoms with Crippen molar-refractivity contribution in [2.24, 2.45) is 5.10 Å². The molecule has 2 aromatic carbocycles. The second-order valence-electron chi connectivity index (χ2n) is 5.58. The molecule has 2 aromatic rings. The summed E-state index contributed by atoms with van der Waals surface area (Å²) in [6, 6.07) is 15.1. The first-order chi connectivity index (χ1) is 11.6. The number of anilines is 1. The first-order valence-corrected chi connectivity index (χ1v) is 7.62. The quantitative estimate of drug-likeness (QED) is 0.690. The van der Waals surface area contributed by atoms with E-state index in [9.17, 15) is 4.79 Å². The first-order valence-electron chi connectivity index (χ1n) is 7.62. The molecule has 0 fully saturated rings. The van der Waals surface area contributed by atoms with E-state index in [4.69, 9.17) is 9.47 Å². The number of hydrazone groups is 1. The molecule has 1 heterocycles. The first kappa shape index (κ1) is 15.9. The summed E-state index contributed by atoms with van der Waals surface area (Å²) in [6.07, 6.45) is 0.878. The second-order valence-corrected chi connectivity index (χ2v) is 5.58. The molecule has 1 amide bonds. The highest BCUT2D eigenvalue weighted by molar-refractivity contribution is 5.85. The summed E-state index contributed by atoms with van der Waals surface area (Å²) in [6.45, 7) is 0.163. The molecule has 1 aliphatic rings. The van der Waals surface area contributed by atoms with Crippen LogP contribution in [0.4, 0.5) is 5.69 Å². The van der Waals surface area contributed by atoms with Crippen molar-refractivity contribution in [3.05, 3.63) is 54.1 Å². The van der Waals surface area contributed by atoms with Gasteiger partial charge in [-0.15, -0.1) is 0 Å². The van der Waals surface area contributed by atoms with Gasteiger partial charge < -0.3 is 14.4 Å². The zero-order chi connectivity index (χ0) is 16.9. The lowest BCUT2D eigenvalue weighted by Crippen LogP contribution is -2.42.